The van der Waals surface area contributed by atoms with Crippen molar-refractivity contribution in [3.8, 4) is 17.1 Å². The molecule has 4 aromatic rings. The minimum atomic E-state index is -4.15. The van der Waals surface area contributed by atoms with E-state index in [-0.39, 0.29) is 53.3 Å². The molecule has 1 atom stereocenters. The van der Waals surface area contributed by atoms with Gasteiger partial charge in [-0.1, -0.05) is 50.6 Å². The summed E-state index contributed by atoms with van der Waals surface area (Å²) in [5.41, 5.74) is 5.13. The highest BCUT2D eigenvalue weighted by molar-refractivity contribution is 7.92. The second kappa shape index (κ2) is 13.7. The number of fused-ring (bicyclic) bond motifs is 4. The van der Waals surface area contributed by atoms with Crippen molar-refractivity contribution in [2.24, 2.45) is 11.3 Å². The number of benzene rings is 2. The zero-order chi connectivity index (χ0) is 35.0. The van der Waals surface area contributed by atoms with Gasteiger partial charge < -0.3 is 14.5 Å². The Hall–Kier alpha value is -4.51. The van der Waals surface area contributed by atoms with E-state index >= 15 is 0 Å². The van der Waals surface area contributed by atoms with Crippen molar-refractivity contribution in [3.63, 3.8) is 0 Å². The van der Waals surface area contributed by atoms with Crippen molar-refractivity contribution in [2.45, 2.75) is 83.7 Å². The van der Waals surface area contributed by atoms with Crippen molar-refractivity contribution in [1.82, 2.24) is 19.9 Å². The van der Waals surface area contributed by atoms with Crippen molar-refractivity contribution in [3.05, 3.63) is 89.1 Å². The van der Waals surface area contributed by atoms with Gasteiger partial charge in [0.25, 0.3) is 15.9 Å². The van der Waals surface area contributed by atoms with Crippen LogP contribution in [0.2, 0.25) is 0 Å². The number of hydrogen-bond acceptors (Lipinski definition) is 8. The first-order chi connectivity index (χ1) is 24.0. The van der Waals surface area contributed by atoms with Gasteiger partial charge in [0.15, 0.2) is 0 Å². The summed E-state index contributed by atoms with van der Waals surface area (Å²) in [7, 11) is -4.15. The molecule has 2 aromatic heterocycles. The van der Waals surface area contributed by atoms with Crippen molar-refractivity contribution >= 4 is 27.7 Å². The number of hydrogen-bond donors (Lipinski definition) is 1. The Labute approximate surface area is 295 Å². The minimum absolute atomic E-state index is 0.0530. The lowest BCUT2D eigenvalue weighted by atomic mass is 9.63. The molecule has 2 fully saturated rings. The van der Waals surface area contributed by atoms with Crippen LogP contribution in [0.25, 0.3) is 11.3 Å². The fourth-order valence-electron chi connectivity index (χ4n) is 7.69. The lowest BCUT2D eigenvalue weighted by molar-refractivity contribution is 0.0553. The topological polar surface area (TPSA) is 118 Å². The van der Waals surface area contributed by atoms with Crippen LogP contribution in [0.5, 0.6) is 5.88 Å². The second-order valence-electron chi connectivity index (χ2n) is 14.7. The number of sulfonamides is 1. The Morgan fingerprint density at radius 1 is 0.960 bits per heavy atom. The third-order valence-electron chi connectivity index (χ3n) is 10.6. The molecule has 4 heterocycles. The molecule has 50 heavy (non-hydrogen) atoms. The number of piperidine rings is 1. The average molecular weight is 695 g/mol. The van der Waals surface area contributed by atoms with Crippen LogP contribution in [-0.4, -0.2) is 59.9 Å². The van der Waals surface area contributed by atoms with Crippen LogP contribution >= 0.6 is 0 Å². The molecule has 3 aliphatic rings. The summed E-state index contributed by atoms with van der Waals surface area (Å²) < 4.78 is 36.3. The molecule has 4 bridgehead atoms. The maximum atomic E-state index is 14.4. The van der Waals surface area contributed by atoms with Crippen LogP contribution in [0, 0.1) is 25.2 Å². The van der Waals surface area contributed by atoms with Crippen LogP contribution in [0.15, 0.2) is 71.8 Å². The van der Waals surface area contributed by atoms with Crippen molar-refractivity contribution < 1.29 is 17.9 Å². The van der Waals surface area contributed by atoms with Crippen molar-refractivity contribution in [1.29, 1.82) is 0 Å². The van der Waals surface area contributed by atoms with E-state index in [1.165, 1.54) is 44.2 Å². The highest BCUT2D eigenvalue weighted by atomic mass is 32.2. The Kier molecular flexibility index (Phi) is 9.28. The third-order valence-corrected chi connectivity index (χ3v) is 12.0. The summed E-state index contributed by atoms with van der Waals surface area (Å²) in [5.74, 6) is 1.05. The first kappa shape index (κ1) is 34.0. The van der Waals surface area contributed by atoms with Gasteiger partial charge in [0, 0.05) is 43.0 Å². The molecule has 1 saturated carbocycles. The maximum Gasteiger partial charge on any atom is 0.264 e. The monoisotopic (exact) mass is 694 g/mol. The molecule has 2 aromatic carbocycles. The van der Waals surface area contributed by atoms with Gasteiger partial charge in [-0.3, -0.25) is 4.79 Å². The SMILES string of the molecule is Cc1cccc(C)c1-c1cc2nc(n1)NS(=O)(=O)c1cccc(c1)C(=O)N(Cc1ccc(N3CCC4(CCC4)CC3)nc1)[C@H](CC(C)C)CO2. The molecule has 262 valence electrons. The lowest BCUT2D eigenvalue weighted by Crippen LogP contribution is -2.44. The number of pyridine rings is 1. The molecule has 1 saturated heterocycles. The standard InChI is InChI=1S/C39H46N6O4S/c1-26(2)20-31-25-49-35-22-33(36-27(3)8-5-9-28(36)4)41-38(42-35)43-50(47,48)32-11-6-10-30(21-32)37(46)45(31)24-29-12-13-34(40-23-29)44-18-16-39(17-19-44)14-7-15-39/h5-6,8-13,21-23,26,31H,7,14-20,24-25H2,1-4H3,(H,41,42,43)/t31-/m1/s1. The van der Waals surface area contributed by atoms with Crippen LogP contribution in [-0.2, 0) is 16.6 Å². The highest BCUT2D eigenvalue weighted by Gasteiger charge is 2.39. The first-order valence-electron chi connectivity index (χ1n) is 17.7. The van der Waals surface area contributed by atoms with Gasteiger partial charge >= 0.3 is 0 Å². The summed E-state index contributed by atoms with van der Waals surface area (Å²) in [6, 6.07) is 17.6. The van der Waals surface area contributed by atoms with E-state index < -0.39 is 10.0 Å². The molecule has 2 aliphatic heterocycles. The van der Waals surface area contributed by atoms with E-state index in [2.05, 4.69) is 45.6 Å². The predicted molar refractivity (Wildman–Crippen MR) is 195 cm³/mol. The average Bonchev–Trinajstić information content (AvgIpc) is 3.08. The highest BCUT2D eigenvalue weighted by Crippen LogP contribution is 2.49. The van der Waals surface area contributed by atoms with Gasteiger partial charge in [-0.25, -0.2) is 23.1 Å². The second-order valence-corrected chi connectivity index (χ2v) is 16.4. The zero-order valence-electron chi connectivity index (χ0n) is 29.4. The van der Waals surface area contributed by atoms with Gasteiger partial charge in [-0.15, -0.1) is 0 Å². The van der Waals surface area contributed by atoms with Crippen LogP contribution in [0.1, 0.15) is 79.4 Å². The van der Waals surface area contributed by atoms with E-state index in [0.717, 1.165) is 41.2 Å². The number of nitrogens with zero attached hydrogens (tertiary/aromatic N) is 5. The smallest absolute Gasteiger partial charge is 0.264 e. The molecular weight excluding hydrogens is 649 g/mol. The Morgan fingerprint density at radius 3 is 2.36 bits per heavy atom. The van der Waals surface area contributed by atoms with Gasteiger partial charge in [-0.2, -0.15) is 4.98 Å². The molecule has 1 spiro atoms. The minimum Gasteiger partial charge on any atom is -0.475 e. The molecule has 1 amide bonds. The molecule has 1 aliphatic carbocycles. The van der Waals surface area contributed by atoms with Crippen LogP contribution in [0.3, 0.4) is 0 Å². The lowest BCUT2D eigenvalue weighted by Gasteiger charge is -2.48. The van der Waals surface area contributed by atoms with E-state index in [1.54, 1.807) is 23.1 Å². The number of rotatable bonds is 6. The van der Waals surface area contributed by atoms with E-state index in [1.807, 2.05) is 38.2 Å². The Bertz CT molecular complexity index is 1960. The first-order valence-corrected chi connectivity index (χ1v) is 19.2. The number of nitrogens with one attached hydrogen (secondary N) is 1. The number of anilines is 2. The van der Waals surface area contributed by atoms with Gasteiger partial charge in [-0.05, 0) is 98.2 Å². The molecule has 0 radical (unpaired) electrons. The Morgan fingerprint density at radius 2 is 1.70 bits per heavy atom. The van der Waals surface area contributed by atoms with Crippen molar-refractivity contribution in [2.75, 3.05) is 29.3 Å². The molecule has 7 rings (SSSR count). The molecule has 10 nitrogen and oxygen atoms in total. The third kappa shape index (κ3) is 7.06. The molecule has 11 heteroatoms. The number of amides is 1. The van der Waals surface area contributed by atoms with Crippen LogP contribution < -0.4 is 14.4 Å². The van der Waals surface area contributed by atoms with Gasteiger partial charge in [0.05, 0.1) is 16.6 Å². The summed E-state index contributed by atoms with van der Waals surface area (Å²) in [6.07, 6.45) is 9.04. The fraction of sp³-hybridized carbons (Fsp3) is 0.436. The van der Waals surface area contributed by atoms with E-state index in [4.69, 9.17) is 9.72 Å². The normalized spacial score (nSPS) is 19.9. The number of aromatic nitrogens is 3. The zero-order valence-corrected chi connectivity index (χ0v) is 30.2. The van der Waals surface area contributed by atoms with Gasteiger partial charge in [0.2, 0.25) is 11.8 Å². The van der Waals surface area contributed by atoms with Gasteiger partial charge in [0.1, 0.15) is 12.4 Å². The fourth-order valence-corrected chi connectivity index (χ4v) is 8.68. The summed E-state index contributed by atoms with van der Waals surface area (Å²) in [4.78, 5) is 32.5. The number of ether oxygens (including phenoxy) is 1. The number of carbonyl (C=O) groups is 1. The van der Waals surface area contributed by atoms with Crippen LogP contribution in [0.4, 0.5) is 11.8 Å². The Balaban J connectivity index is 1.24. The molecule has 1 N–H and O–H groups in total. The predicted octanol–water partition coefficient (Wildman–Crippen LogP) is 7.18. The summed E-state index contributed by atoms with van der Waals surface area (Å²) in [5, 5.41) is 0. The molecule has 0 unspecified atom stereocenters. The largest absolute Gasteiger partial charge is 0.475 e. The maximum absolute atomic E-state index is 14.4. The number of carbonyl (C=O) groups excluding carboxylic acids is 1. The van der Waals surface area contributed by atoms with E-state index in [0.29, 0.717) is 17.5 Å². The summed E-state index contributed by atoms with van der Waals surface area (Å²) in [6.45, 7) is 10.7. The van der Waals surface area contributed by atoms with E-state index in [9.17, 15) is 13.2 Å². The number of aryl methyl sites for hydroxylation is 2. The quantitative estimate of drug-likeness (QED) is 0.226. The summed E-state index contributed by atoms with van der Waals surface area (Å²) >= 11 is 0. The molecular formula is C39H46N6O4S.